The Morgan fingerprint density at radius 1 is 1.36 bits per heavy atom. The van der Waals surface area contributed by atoms with Crippen molar-refractivity contribution in [2.75, 3.05) is 26.2 Å². The fourth-order valence-corrected chi connectivity index (χ4v) is 3.61. The van der Waals surface area contributed by atoms with Gasteiger partial charge in [-0.3, -0.25) is 9.48 Å². The summed E-state index contributed by atoms with van der Waals surface area (Å²) in [6.45, 7) is 9.33. The van der Waals surface area contributed by atoms with E-state index in [-0.39, 0.29) is 5.91 Å². The maximum Gasteiger partial charge on any atom is 0.223 e. The van der Waals surface area contributed by atoms with Crippen molar-refractivity contribution < 1.29 is 4.79 Å². The van der Waals surface area contributed by atoms with E-state index in [0.717, 1.165) is 19.5 Å². The van der Waals surface area contributed by atoms with Gasteiger partial charge in [0.05, 0.1) is 18.3 Å². The van der Waals surface area contributed by atoms with Crippen molar-refractivity contribution in [3.8, 4) is 0 Å². The molecular formula is C17H28N4O. The first kappa shape index (κ1) is 15.5. The SMILES string of the molecule is CC(C)CC(=O)N1Cc2ccnn2C(CCN2CCCC2)C1. The van der Waals surface area contributed by atoms with Gasteiger partial charge < -0.3 is 9.80 Å². The van der Waals surface area contributed by atoms with Crippen molar-refractivity contribution in [2.24, 2.45) is 5.92 Å². The summed E-state index contributed by atoms with van der Waals surface area (Å²) in [5.74, 6) is 0.705. The van der Waals surface area contributed by atoms with Crippen LogP contribution in [0.1, 0.15) is 51.3 Å². The number of carbonyl (C=O) groups is 1. The Labute approximate surface area is 133 Å². The molecule has 5 heteroatoms. The molecule has 122 valence electrons. The van der Waals surface area contributed by atoms with Gasteiger partial charge in [0.1, 0.15) is 0 Å². The Morgan fingerprint density at radius 3 is 2.86 bits per heavy atom. The molecule has 1 amide bonds. The monoisotopic (exact) mass is 304 g/mol. The first-order valence-corrected chi connectivity index (χ1v) is 8.66. The third-order valence-corrected chi connectivity index (χ3v) is 4.79. The molecule has 2 aliphatic heterocycles. The summed E-state index contributed by atoms with van der Waals surface area (Å²) in [5.41, 5.74) is 1.18. The number of aromatic nitrogens is 2. The van der Waals surface area contributed by atoms with Crippen LogP contribution in [0, 0.1) is 5.92 Å². The number of likely N-dealkylation sites (tertiary alicyclic amines) is 1. The summed E-state index contributed by atoms with van der Waals surface area (Å²) in [7, 11) is 0. The zero-order valence-electron chi connectivity index (χ0n) is 13.9. The second kappa shape index (κ2) is 6.82. The Bertz CT molecular complexity index is 505. The number of carbonyl (C=O) groups excluding carboxylic acids is 1. The molecule has 0 spiro atoms. The molecule has 22 heavy (non-hydrogen) atoms. The van der Waals surface area contributed by atoms with Gasteiger partial charge in [0.15, 0.2) is 0 Å². The summed E-state index contributed by atoms with van der Waals surface area (Å²) < 4.78 is 2.15. The number of fused-ring (bicyclic) bond motifs is 1. The van der Waals surface area contributed by atoms with Crippen LogP contribution >= 0.6 is 0 Å². The van der Waals surface area contributed by atoms with Crippen LogP contribution in [0.5, 0.6) is 0 Å². The van der Waals surface area contributed by atoms with Gasteiger partial charge in [0, 0.05) is 25.7 Å². The predicted molar refractivity (Wildman–Crippen MR) is 86.4 cm³/mol. The van der Waals surface area contributed by atoms with E-state index in [9.17, 15) is 4.79 Å². The molecule has 0 bridgehead atoms. The van der Waals surface area contributed by atoms with Gasteiger partial charge in [-0.25, -0.2) is 0 Å². The van der Waals surface area contributed by atoms with E-state index in [1.165, 1.54) is 31.6 Å². The minimum Gasteiger partial charge on any atom is -0.335 e. The molecule has 1 aromatic rings. The molecule has 0 N–H and O–H groups in total. The van der Waals surface area contributed by atoms with Crippen molar-refractivity contribution in [3.05, 3.63) is 18.0 Å². The standard InChI is InChI=1S/C17H28N4O/c1-14(2)11-17(22)20-12-15-5-7-18-21(15)16(13-20)6-10-19-8-3-4-9-19/h5,7,14,16H,3-4,6,8-13H2,1-2H3. The largest absolute Gasteiger partial charge is 0.335 e. The molecule has 5 nitrogen and oxygen atoms in total. The highest BCUT2D eigenvalue weighted by molar-refractivity contribution is 5.76. The molecule has 1 saturated heterocycles. The van der Waals surface area contributed by atoms with Gasteiger partial charge in [-0.15, -0.1) is 0 Å². The molecule has 3 rings (SSSR count). The molecule has 1 unspecified atom stereocenters. The quantitative estimate of drug-likeness (QED) is 0.838. The predicted octanol–water partition coefficient (Wildman–Crippen LogP) is 2.30. The maximum absolute atomic E-state index is 12.4. The number of rotatable bonds is 5. The molecule has 0 aromatic carbocycles. The fraction of sp³-hybridized carbons (Fsp3) is 0.765. The van der Waals surface area contributed by atoms with Gasteiger partial charge in [-0.1, -0.05) is 13.8 Å². The van der Waals surface area contributed by atoms with E-state index in [1.807, 2.05) is 11.1 Å². The Hall–Kier alpha value is -1.36. The first-order valence-electron chi connectivity index (χ1n) is 8.66. The van der Waals surface area contributed by atoms with Crippen molar-refractivity contribution in [3.63, 3.8) is 0 Å². The van der Waals surface area contributed by atoms with E-state index in [4.69, 9.17) is 0 Å². The normalized spacial score (nSPS) is 22.3. The minimum atomic E-state index is 0.286. The highest BCUT2D eigenvalue weighted by atomic mass is 16.2. The average Bonchev–Trinajstić information content (AvgIpc) is 3.14. The summed E-state index contributed by atoms with van der Waals surface area (Å²) in [6.07, 6.45) is 6.26. The summed E-state index contributed by atoms with van der Waals surface area (Å²) in [5, 5.41) is 4.50. The second-order valence-corrected chi connectivity index (χ2v) is 7.13. The summed E-state index contributed by atoms with van der Waals surface area (Å²) in [4.78, 5) is 17.0. The summed E-state index contributed by atoms with van der Waals surface area (Å²) >= 11 is 0. The van der Waals surface area contributed by atoms with Crippen molar-refractivity contribution in [1.82, 2.24) is 19.6 Å². The number of hydrogen-bond acceptors (Lipinski definition) is 3. The molecule has 1 fully saturated rings. The number of amides is 1. The van der Waals surface area contributed by atoms with Crippen LogP contribution in [0.15, 0.2) is 12.3 Å². The lowest BCUT2D eigenvalue weighted by Crippen LogP contribution is -2.42. The molecule has 0 aliphatic carbocycles. The summed E-state index contributed by atoms with van der Waals surface area (Å²) in [6, 6.07) is 2.38. The van der Waals surface area contributed by atoms with Gasteiger partial charge in [-0.2, -0.15) is 5.10 Å². The number of hydrogen-bond donors (Lipinski definition) is 0. The van der Waals surface area contributed by atoms with E-state index in [1.54, 1.807) is 0 Å². The molecule has 1 aromatic heterocycles. The van der Waals surface area contributed by atoms with E-state index in [0.29, 0.717) is 24.9 Å². The van der Waals surface area contributed by atoms with Crippen molar-refractivity contribution in [1.29, 1.82) is 0 Å². The molecule has 0 radical (unpaired) electrons. The smallest absolute Gasteiger partial charge is 0.223 e. The van der Waals surface area contributed by atoms with Gasteiger partial charge in [0.25, 0.3) is 0 Å². The molecule has 1 atom stereocenters. The lowest BCUT2D eigenvalue weighted by atomic mass is 10.1. The zero-order chi connectivity index (χ0) is 15.5. The lowest BCUT2D eigenvalue weighted by Gasteiger charge is -2.35. The van der Waals surface area contributed by atoms with E-state index in [2.05, 4.69) is 34.6 Å². The van der Waals surface area contributed by atoms with Gasteiger partial charge in [0.2, 0.25) is 5.91 Å². The van der Waals surface area contributed by atoms with E-state index >= 15 is 0 Å². The average molecular weight is 304 g/mol. The third-order valence-electron chi connectivity index (χ3n) is 4.79. The zero-order valence-corrected chi connectivity index (χ0v) is 13.9. The third kappa shape index (κ3) is 3.51. The first-order chi connectivity index (χ1) is 10.6. The Kier molecular flexibility index (Phi) is 4.81. The molecule has 0 saturated carbocycles. The minimum absolute atomic E-state index is 0.286. The highest BCUT2D eigenvalue weighted by Gasteiger charge is 2.29. The Balaban J connectivity index is 1.65. The van der Waals surface area contributed by atoms with Crippen LogP contribution in [0.25, 0.3) is 0 Å². The van der Waals surface area contributed by atoms with Gasteiger partial charge >= 0.3 is 0 Å². The van der Waals surface area contributed by atoms with Crippen LogP contribution in [-0.4, -0.2) is 51.7 Å². The maximum atomic E-state index is 12.4. The van der Waals surface area contributed by atoms with Crippen molar-refractivity contribution in [2.45, 2.75) is 52.1 Å². The number of nitrogens with zero attached hydrogens (tertiary/aromatic N) is 4. The fourth-order valence-electron chi connectivity index (χ4n) is 3.61. The molecule has 3 heterocycles. The van der Waals surface area contributed by atoms with Crippen LogP contribution in [0.2, 0.25) is 0 Å². The highest BCUT2D eigenvalue weighted by Crippen LogP contribution is 2.25. The van der Waals surface area contributed by atoms with Crippen LogP contribution < -0.4 is 0 Å². The molecular weight excluding hydrogens is 276 g/mol. The Morgan fingerprint density at radius 2 is 2.14 bits per heavy atom. The topological polar surface area (TPSA) is 41.4 Å². The van der Waals surface area contributed by atoms with Crippen molar-refractivity contribution >= 4 is 5.91 Å². The van der Waals surface area contributed by atoms with E-state index < -0.39 is 0 Å². The molecule has 2 aliphatic rings. The second-order valence-electron chi connectivity index (χ2n) is 7.13. The van der Waals surface area contributed by atoms with Gasteiger partial charge in [-0.05, 0) is 44.3 Å². The van der Waals surface area contributed by atoms with Crippen LogP contribution in [0.3, 0.4) is 0 Å². The van der Waals surface area contributed by atoms with Crippen LogP contribution in [-0.2, 0) is 11.3 Å². The lowest BCUT2D eigenvalue weighted by molar-refractivity contribution is -0.134. The van der Waals surface area contributed by atoms with Crippen LogP contribution in [0.4, 0.5) is 0 Å².